The molecule has 19 nitrogen and oxygen atoms in total. The van der Waals surface area contributed by atoms with Gasteiger partial charge in [-0.2, -0.15) is 22.1 Å². The monoisotopic (exact) mass is 979 g/mol. The molecule has 0 amide bonds. The van der Waals surface area contributed by atoms with Gasteiger partial charge in [0, 0.05) is 33.3 Å². The average molecular weight is 980 g/mol. The van der Waals surface area contributed by atoms with E-state index < -0.39 is 42.4 Å². The molecule has 66 heavy (non-hydrogen) atoms. The summed E-state index contributed by atoms with van der Waals surface area (Å²) in [7, 11) is -9.01. The summed E-state index contributed by atoms with van der Waals surface area (Å²) in [6, 6.07) is 32.6. The van der Waals surface area contributed by atoms with Crippen LogP contribution in [0.15, 0.2) is 161 Å². The van der Waals surface area contributed by atoms with Crippen LogP contribution >= 0.6 is 11.3 Å². The molecule has 6 aromatic carbocycles. The van der Waals surface area contributed by atoms with Gasteiger partial charge in [-0.15, -0.1) is 20.5 Å². The lowest BCUT2D eigenvalue weighted by molar-refractivity contribution is 0.481. The van der Waals surface area contributed by atoms with Crippen LogP contribution in [0.1, 0.15) is 11.1 Å². The minimum absolute atomic E-state index is 0.0000492. The van der Waals surface area contributed by atoms with Gasteiger partial charge in [0.25, 0.3) is 20.2 Å². The number of nitriles is 1. The summed E-state index contributed by atoms with van der Waals surface area (Å²) in [6.45, 7) is 1.57. The molecule has 0 saturated heterocycles. The lowest BCUT2D eigenvalue weighted by Gasteiger charge is -2.16. The van der Waals surface area contributed by atoms with Crippen molar-refractivity contribution in [3.05, 3.63) is 132 Å². The van der Waals surface area contributed by atoms with Crippen LogP contribution in [0.3, 0.4) is 0 Å². The zero-order valence-electron chi connectivity index (χ0n) is 33.5. The van der Waals surface area contributed by atoms with E-state index in [4.69, 9.17) is 4.98 Å². The van der Waals surface area contributed by atoms with E-state index in [1.165, 1.54) is 48.5 Å². The normalized spacial score (nSPS) is 13.0. The van der Waals surface area contributed by atoms with Crippen molar-refractivity contribution in [3.8, 4) is 17.3 Å². The topological polar surface area (TPSA) is 306 Å². The fourth-order valence-electron chi connectivity index (χ4n) is 6.62. The number of nitrogens with zero attached hydrogens (tertiary/aromatic N) is 7. The number of hydrogen-bond donors (Lipinski definition) is 6. The molecule has 6 N–H and O–H groups in total. The SMILES string of the molecule is Cc1c(C#N)c(Nc2ccc(S(=O)(=O)O)cc2)nc(Nc2ccc(S(=O)(=O)O)cc2)c1N=Nc1nc(-c2ccc3ccccc3c2)c(N=Nc2cc(S(=O)O)c3cccc(S(=O)O)c3c2)s1. The van der Waals surface area contributed by atoms with E-state index in [1.54, 1.807) is 13.0 Å². The van der Waals surface area contributed by atoms with Crippen molar-refractivity contribution in [2.75, 3.05) is 10.6 Å². The van der Waals surface area contributed by atoms with Crippen molar-refractivity contribution in [3.63, 3.8) is 0 Å². The highest BCUT2D eigenvalue weighted by atomic mass is 32.2. The molecule has 0 aliphatic heterocycles. The number of azo groups is 2. The Bertz CT molecular complexity index is 3640. The first-order valence-electron chi connectivity index (χ1n) is 18.7. The third-order valence-electron chi connectivity index (χ3n) is 9.75. The highest BCUT2D eigenvalue weighted by molar-refractivity contribution is 7.86. The molecule has 2 unspecified atom stereocenters. The minimum Gasteiger partial charge on any atom is -0.339 e. The molecule has 0 aliphatic carbocycles. The summed E-state index contributed by atoms with van der Waals surface area (Å²) >= 11 is -3.97. The van der Waals surface area contributed by atoms with E-state index in [9.17, 15) is 48.7 Å². The Morgan fingerprint density at radius 1 is 0.652 bits per heavy atom. The van der Waals surface area contributed by atoms with Crippen molar-refractivity contribution >= 4 is 120 Å². The van der Waals surface area contributed by atoms with Gasteiger partial charge in [-0.05, 0) is 90.5 Å². The van der Waals surface area contributed by atoms with Gasteiger partial charge in [0.15, 0.2) is 38.8 Å². The largest absolute Gasteiger partial charge is 0.339 e. The molecule has 0 bridgehead atoms. The zero-order chi connectivity index (χ0) is 46.9. The molecule has 0 saturated carbocycles. The van der Waals surface area contributed by atoms with Crippen LogP contribution in [-0.2, 0) is 42.4 Å². The van der Waals surface area contributed by atoms with Gasteiger partial charge in [0.2, 0.25) is 5.13 Å². The van der Waals surface area contributed by atoms with Gasteiger partial charge in [-0.3, -0.25) is 9.11 Å². The van der Waals surface area contributed by atoms with Crippen molar-refractivity contribution in [2.24, 2.45) is 20.5 Å². The number of nitrogens with one attached hydrogen (secondary N) is 2. The lowest BCUT2D eigenvalue weighted by Crippen LogP contribution is -2.05. The van der Waals surface area contributed by atoms with Gasteiger partial charge in [-0.25, -0.2) is 18.4 Å². The highest BCUT2D eigenvalue weighted by Gasteiger charge is 2.21. The first-order chi connectivity index (χ1) is 31.5. The number of anilines is 4. The summed E-state index contributed by atoms with van der Waals surface area (Å²) in [6.07, 6.45) is 0. The second kappa shape index (κ2) is 18.4. The highest BCUT2D eigenvalue weighted by Crippen LogP contribution is 2.44. The molecule has 2 atom stereocenters. The van der Waals surface area contributed by atoms with Gasteiger partial charge < -0.3 is 19.7 Å². The third-order valence-corrected chi connectivity index (χ3v) is 13.8. The van der Waals surface area contributed by atoms with Crippen LogP contribution in [0, 0.1) is 18.3 Å². The van der Waals surface area contributed by atoms with Crippen LogP contribution in [0.4, 0.5) is 44.5 Å². The molecule has 8 rings (SSSR count). The Hall–Kier alpha value is -7.05. The molecular weight excluding hydrogens is 951 g/mol. The maximum Gasteiger partial charge on any atom is 0.294 e. The van der Waals surface area contributed by atoms with Crippen molar-refractivity contribution in [2.45, 2.75) is 26.5 Å². The number of rotatable bonds is 13. The van der Waals surface area contributed by atoms with E-state index in [0.29, 0.717) is 16.9 Å². The fourth-order valence-corrected chi connectivity index (χ4v) is 9.45. The van der Waals surface area contributed by atoms with Crippen molar-refractivity contribution < 1.29 is 43.5 Å². The molecule has 0 aliphatic rings. The van der Waals surface area contributed by atoms with Gasteiger partial charge in [-0.1, -0.05) is 59.9 Å². The molecular formula is C42H29N9O10S5. The number of thiazole rings is 1. The standard InChI is InChI=1S/C42H29N9O10S5/c1-23-34(22-43)39(44-27-11-15-30(16-12-27)65(56,57)58)47-40(45-28-13-17-31(18-14-28)66(59,60)61)37(23)49-51-42-46-38(26-10-9-24-5-2-3-6-25(24)19-26)41(62-42)50-48-29-20-33-32(36(21-29)64(54)55)7-4-8-35(33)63(52)53/h2-21H,1H3,(H,52,53)(H,54,55)(H2,44,45,47)(H,56,57,58)(H,59,60,61). The maximum absolute atomic E-state index is 12.4. The van der Waals surface area contributed by atoms with Crippen molar-refractivity contribution in [1.29, 1.82) is 5.26 Å². The third kappa shape index (κ3) is 9.79. The molecule has 0 fully saturated rings. The van der Waals surface area contributed by atoms with E-state index >= 15 is 0 Å². The summed E-state index contributed by atoms with van der Waals surface area (Å²) < 4.78 is 110. The van der Waals surface area contributed by atoms with E-state index in [0.717, 1.165) is 46.4 Å². The number of pyridine rings is 1. The molecule has 8 aromatic rings. The second-order valence-corrected chi connectivity index (χ2v) is 19.6. The minimum atomic E-state index is -4.52. The predicted octanol–water partition coefficient (Wildman–Crippen LogP) is 10.7. The zero-order valence-corrected chi connectivity index (χ0v) is 37.5. The summed E-state index contributed by atoms with van der Waals surface area (Å²) in [5.74, 6) is 0.00932. The molecule has 332 valence electrons. The summed E-state index contributed by atoms with van der Waals surface area (Å²) in [4.78, 5) is 8.56. The molecule has 24 heteroatoms. The summed E-state index contributed by atoms with van der Waals surface area (Å²) in [5, 5.41) is 36.8. The van der Waals surface area contributed by atoms with E-state index in [-0.39, 0.29) is 80.3 Å². The molecule has 2 aromatic heterocycles. The predicted molar refractivity (Wildman–Crippen MR) is 248 cm³/mol. The Kier molecular flexibility index (Phi) is 12.7. The summed E-state index contributed by atoms with van der Waals surface area (Å²) in [5.41, 5.74) is 1.93. The number of aromatic nitrogens is 2. The lowest BCUT2D eigenvalue weighted by atomic mass is 10.1. The molecule has 2 heterocycles. The average Bonchev–Trinajstić information content (AvgIpc) is 3.70. The second-order valence-electron chi connectivity index (χ2n) is 13.9. The smallest absolute Gasteiger partial charge is 0.294 e. The number of fused-ring (bicyclic) bond motifs is 2. The van der Waals surface area contributed by atoms with Gasteiger partial charge >= 0.3 is 0 Å². The quantitative estimate of drug-likeness (QED) is 0.0355. The van der Waals surface area contributed by atoms with Crippen molar-refractivity contribution in [1.82, 2.24) is 9.97 Å². The number of benzene rings is 6. The van der Waals surface area contributed by atoms with Crippen LogP contribution in [0.25, 0.3) is 32.8 Å². The number of hydrogen-bond acceptors (Lipinski definition) is 16. The van der Waals surface area contributed by atoms with Crippen LogP contribution in [0.5, 0.6) is 0 Å². The first-order valence-corrected chi connectivity index (χ1v) is 24.6. The first kappa shape index (κ1) is 45.5. The molecule has 0 spiro atoms. The Labute approximate surface area is 383 Å². The van der Waals surface area contributed by atoms with Gasteiger partial charge in [0.05, 0.1) is 30.8 Å². The van der Waals surface area contributed by atoms with Crippen LogP contribution < -0.4 is 10.6 Å². The van der Waals surface area contributed by atoms with E-state index in [1.807, 2.05) is 42.5 Å². The van der Waals surface area contributed by atoms with Crippen LogP contribution in [-0.4, -0.2) is 53.4 Å². The molecule has 0 radical (unpaired) electrons. The Morgan fingerprint density at radius 2 is 1.27 bits per heavy atom. The van der Waals surface area contributed by atoms with Gasteiger partial charge in [0.1, 0.15) is 17.5 Å². The Balaban J connectivity index is 1.24. The fraction of sp³-hybridized carbons (Fsp3) is 0.0238. The van der Waals surface area contributed by atoms with Crippen LogP contribution in [0.2, 0.25) is 0 Å². The maximum atomic E-state index is 12.4. The van der Waals surface area contributed by atoms with E-state index in [2.05, 4.69) is 42.1 Å². The Morgan fingerprint density at radius 3 is 1.88 bits per heavy atom.